The number of hydrogen-bond acceptors (Lipinski definition) is 2. The van der Waals surface area contributed by atoms with Crippen LogP contribution in [0.5, 0.6) is 11.5 Å². The summed E-state index contributed by atoms with van der Waals surface area (Å²) >= 11 is 5.40. The smallest absolute Gasteiger partial charge is 0.435 e. The Bertz CT molecular complexity index is 380. The fourth-order valence-electron chi connectivity index (χ4n) is 1.07. The molecule has 0 atom stereocenters. The summed E-state index contributed by atoms with van der Waals surface area (Å²) in [5.41, 5.74) is 0.170. The first-order chi connectivity index (χ1) is 7.80. The van der Waals surface area contributed by atoms with E-state index >= 15 is 0 Å². The zero-order valence-corrected chi connectivity index (χ0v) is 8.86. The number of alkyl halides is 6. The summed E-state index contributed by atoms with van der Waals surface area (Å²) in [4.78, 5) is 0. The highest BCUT2D eigenvalue weighted by molar-refractivity contribution is 6.17. The molecule has 8 heteroatoms. The molecule has 0 saturated carbocycles. The molecule has 0 radical (unpaired) electrons. The van der Waals surface area contributed by atoms with Crippen LogP contribution in [0.3, 0.4) is 0 Å². The summed E-state index contributed by atoms with van der Waals surface area (Å²) in [7, 11) is 0. The van der Waals surface area contributed by atoms with E-state index in [2.05, 4.69) is 9.47 Å². The highest BCUT2D eigenvalue weighted by Gasteiger charge is 2.31. The van der Waals surface area contributed by atoms with Crippen molar-refractivity contribution < 1.29 is 31.4 Å². The van der Waals surface area contributed by atoms with Gasteiger partial charge in [-0.15, -0.1) is 24.8 Å². The van der Waals surface area contributed by atoms with Gasteiger partial charge in [-0.3, -0.25) is 0 Å². The third kappa shape index (κ3) is 5.08. The van der Waals surface area contributed by atoms with Gasteiger partial charge >= 0.3 is 13.0 Å². The second-order valence-corrected chi connectivity index (χ2v) is 3.14. The third-order valence-electron chi connectivity index (χ3n) is 1.55. The van der Waals surface area contributed by atoms with Crippen molar-refractivity contribution in [2.75, 3.05) is 0 Å². The molecule has 0 spiro atoms. The summed E-state index contributed by atoms with van der Waals surface area (Å²) in [6.07, 6.45) is -4.91. The molecule has 0 heterocycles. The molecule has 0 fully saturated rings. The fourth-order valence-corrected chi connectivity index (χ4v) is 1.23. The molecule has 0 N–H and O–H groups in total. The Morgan fingerprint density at radius 3 is 2.18 bits per heavy atom. The lowest BCUT2D eigenvalue weighted by Crippen LogP contribution is -2.17. The summed E-state index contributed by atoms with van der Waals surface area (Å²) in [6, 6.07) is 2.79. The van der Waals surface area contributed by atoms with Crippen molar-refractivity contribution in [2.24, 2.45) is 0 Å². The SMILES string of the molecule is FC(F)Oc1cc(CCl)cc(OC(F)(F)F)c1. The van der Waals surface area contributed by atoms with Crippen molar-refractivity contribution in [2.45, 2.75) is 18.9 Å². The second-order valence-electron chi connectivity index (χ2n) is 2.87. The molecule has 0 aliphatic carbocycles. The van der Waals surface area contributed by atoms with Gasteiger partial charge in [-0.05, 0) is 17.7 Å². The molecular weight excluding hydrogens is 271 g/mol. The number of hydrogen-bond donors (Lipinski definition) is 0. The van der Waals surface area contributed by atoms with Crippen LogP contribution in [-0.2, 0) is 5.88 Å². The minimum Gasteiger partial charge on any atom is -0.435 e. The predicted molar refractivity (Wildman–Crippen MR) is 49.3 cm³/mol. The van der Waals surface area contributed by atoms with E-state index in [1.165, 1.54) is 0 Å². The van der Waals surface area contributed by atoms with Crippen LogP contribution in [0.25, 0.3) is 0 Å². The maximum Gasteiger partial charge on any atom is 0.573 e. The quantitative estimate of drug-likeness (QED) is 0.613. The van der Waals surface area contributed by atoms with Crippen LogP contribution in [0, 0.1) is 0 Å². The summed E-state index contributed by atoms with van der Waals surface area (Å²) < 4.78 is 67.2. The van der Waals surface area contributed by atoms with Crippen LogP contribution in [-0.4, -0.2) is 13.0 Å². The lowest BCUT2D eigenvalue weighted by molar-refractivity contribution is -0.274. The molecule has 0 aliphatic heterocycles. The van der Waals surface area contributed by atoms with Gasteiger partial charge in [0.2, 0.25) is 0 Å². The van der Waals surface area contributed by atoms with E-state index in [0.29, 0.717) is 6.07 Å². The van der Waals surface area contributed by atoms with E-state index in [4.69, 9.17) is 11.6 Å². The summed E-state index contributed by atoms with van der Waals surface area (Å²) in [5.74, 6) is -1.27. The van der Waals surface area contributed by atoms with Crippen LogP contribution in [0.2, 0.25) is 0 Å². The topological polar surface area (TPSA) is 18.5 Å². The van der Waals surface area contributed by atoms with Crippen LogP contribution >= 0.6 is 11.6 Å². The van der Waals surface area contributed by atoms with Crippen LogP contribution in [0.4, 0.5) is 22.0 Å². The average molecular weight is 277 g/mol. The number of rotatable bonds is 4. The van der Waals surface area contributed by atoms with Crippen LogP contribution < -0.4 is 9.47 Å². The summed E-state index contributed by atoms with van der Waals surface area (Å²) in [5, 5.41) is 0. The van der Waals surface area contributed by atoms with Crippen molar-refractivity contribution in [3.8, 4) is 11.5 Å². The molecule has 17 heavy (non-hydrogen) atoms. The van der Waals surface area contributed by atoms with E-state index in [-0.39, 0.29) is 11.4 Å². The van der Waals surface area contributed by atoms with Gasteiger partial charge in [0.25, 0.3) is 0 Å². The molecule has 1 aromatic carbocycles. The molecule has 0 saturated heterocycles. The van der Waals surface area contributed by atoms with E-state index in [1.807, 2.05) is 0 Å². The van der Waals surface area contributed by atoms with Crippen molar-refractivity contribution in [1.29, 1.82) is 0 Å². The van der Waals surface area contributed by atoms with E-state index in [9.17, 15) is 22.0 Å². The van der Waals surface area contributed by atoms with Gasteiger partial charge in [-0.25, -0.2) is 0 Å². The molecule has 1 rings (SSSR count). The molecule has 96 valence electrons. The Labute approximate surface area is 97.9 Å². The standard InChI is InChI=1S/C9H6ClF5O2/c10-4-5-1-6(16-8(11)12)3-7(2-5)17-9(13,14)15/h1-3,8H,4H2. The first-order valence-corrected chi connectivity index (χ1v) is 4.74. The Morgan fingerprint density at radius 1 is 1.12 bits per heavy atom. The zero-order chi connectivity index (χ0) is 13.1. The molecule has 0 bridgehead atoms. The van der Waals surface area contributed by atoms with Crippen LogP contribution in [0.15, 0.2) is 18.2 Å². The Hall–Kier alpha value is -1.24. The minimum atomic E-state index is -4.91. The van der Waals surface area contributed by atoms with Gasteiger partial charge in [0.05, 0.1) is 0 Å². The van der Waals surface area contributed by atoms with Crippen molar-refractivity contribution >= 4 is 11.6 Å². The average Bonchev–Trinajstić information content (AvgIpc) is 2.13. The predicted octanol–water partition coefficient (Wildman–Crippen LogP) is 3.93. The maximum atomic E-state index is 11.9. The molecule has 0 amide bonds. The van der Waals surface area contributed by atoms with Gasteiger partial charge in [-0.2, -0.15) is 8.78 Å². The Balaban J connectivity index is 2.97. The molecule has 0 aliphatic rings. The first-order valence-electron chi connectivity index (χ1n) is 4.20. The zero-order valence-electron chi connectivity index (χ0n) is 8.10. The van der Waals surface area contributed by atoms with E-state index in [1.54, 1.807) is 0 Å². The van der Waals surface area contributed by atoms with Crippen molar-refractivity contribution in [3.05, 3.63) is 23.8 Å². The molecule has 0 aromatic heterocycles. The molecule has 2 nitrogen and oxygen atoms in total. The summed E-state index contributed by atoms with van der Waals surface area (Å²) in [6.45, 7) is -3.14. The monoisotopic (exact) mass is 276 g/mol. The minimum absolute atomic E-state index is 0.158. The largest absolute Gasteiger partial charge is 0.573 e. The lowest BCUT2D eigenvalue weighted by Gasteiger charge is -2.12. The highest BCUT2D eigenvalue weighted by Crippen LogP contribution is 2.29. The van der Waals surface area contributed by atoms with Gasteiger partial charge in [-0.1, -0.05) is 0 Å². The molecule has 1 aromatic rings. The van der Waals surface area contributed by atoms with Gasteiger partial charge in [0.15, 0.2) is 0 Å². The van der Waals surface area contributed by atoms with E-state index < -0.39 is 24.5 Å². The van der Waals surface area contributed by atoms with Gasteiger partial charge < -0.3 is 9.47 Å². The van der Waals surface area contributed by atoms with Crippen molar-refractivity contribution in [1.82, 2.24) is 0 Å². The number of ether oxygens (including phenoxy) is 2. The molecular formula is C9H6ClF5O2. The number of benzene rings is 1. The molecule has 0 unspecified atom stereocenters. The maximum absolute atomic E-state index is 11.9. The Morgan fingerprint density at radius 2 is 1.71 bits per heavy atom. The van der Waals surface area contributed by atoms with Crippen molar-refractivity contribution in [3.63, 3.8) is 0 Å². The Kier molecular flexibility index (Phi) is 4.39. The second kappa shape index (κ2) is 5.39. The van der Waals surface area contributed by atoms with Gasteiger partial charge in [0, 0.05) is 11.9 Å². The lowest BCUT2D eigenvalue weighted by atomic mass is 10.2. The number of halogens is 6. The third-order valence-corrected chi connectivity index (χ3v) is 1.86. The normalized spacial score (nSPS) is 11.7. The van der Waals surface area contributed by atoms with E-state index in [0.717, 1.165) is 12.1 Å². The van der Waals surface area contributed by atoms with Crippen LogP contribution in [0.1, 0.15) is 5.56 Å². The first kappa shape index (κ1) is 13.8. The highest BCUT2D eigenvalue weighted by atomic mass is 35.5. The van der Waals surface area contributed by atoms with Gasteiger partial charge in [0.1, 0.15) is 11.5 Å². The fraction of sp³-hybridized carbons (Fsp3) is 0.333.